The van der Waals surface area contributed by atoms with Crippen molar-refractivity contribution in [1.82, 2.24) is 9.97 Å². The molecule has 0 radical (unpaired) electrons. The van der Waals surface area contributed by atoms with Crippen LogP contribution >= 0.6 is 11.3 Å². The Hall–Kier alpha value is -2.24. The first-order chi connectivity index (χ1) is 13.0. The van der Waals surface area contributed by atoms with Gasteiger partial charge in [0.2, 0.25) is 0 Å². The topological polar surface area (TPSA) is 58.0 Å². The Morgan fingerprint density at radius 2 is 1.78 bits per heavy atom. The monoisotopic (exact) mass is 385 g/mol. The summed E-state index contributed by atoms with van der Waals surface area (Å²) in [6, 6.07) is 3.94. The summed E-state index contributed by atoms with van der Waals surface area (Å²) in [6.07, 6.45) is 9.04. The van der Waals surface area contributed by atoms with Gasteiger partial charge in [-0.3, -0.25) is 4.98 Å². The molecule has 0 fully saturated rings. The third-order valence-corrected chi connectivity index (χ3v) is 4.62. The smallest absolute Gasteiger partial charge is 0.184 e. The molecule has 0 saturated heterocycles. The van der Waals surface area contributed by atoms with E-state index in [1.807, 2.05) is 38.3 Å². The lowest BCUT2D eigenvalue weighted by molar-refractivity contribution is 0.325. The van der Waals surface area contributed by atoms with E-state index < -0.39 is 0 Å². The van der Waals surface area contributed by atoms with Gasteiger partial charge in [-0.2, -0.15) is 0 Å². The molecule has 0 unspecified atom stereocenters. The fourth-order valence-electron chi connectivity index (χ4n) is 2.60. The van der Waals surface area contributed by atoms with Crippen LogP contribution in [0.25, 0.3) is 5.57 Å². The van der Waals surface area contributed by atoms with E-state index in [0.29, 0.717) is 0 Å². The van der Waals surface area contributed by atoms with Gasteiger partial charge in [0.25, 0.3) is 0 Å². The quantitative estimate of drug-likeness (QED) is 0.637. The molecule has 0 aromatic carbocycles. The number of allylic oxidation sites excluding steroid dienone is 6. The molecule has 1 aliphatic carbocycles. The number of aromatic nitrogens is 2. The molecule has 1 aliphatic rings. The predicted molar refractivity (Wildman–Crippen MR) is 118 cm³/mol. The van der Waals surface area contributed by atoms with Gasteiger partial charge in [-0.1, -0.05) is 31.6 Å². The van der Waals surface area contributed by atoms with Gasteiger partial charge in [0.15, 0.2) is 5.13 Å². The van der Waals surface area contributed by atoms with E-state index >= 15 is 0 Å². The minimum atomic E-state index is -0.0845. The molecule has 4 nitrogen and oxygen atoms in total. The molecule has 3 rings (SSSR count). The zero-order valence-corrected chi connectivity index (χ0v) is 18.0. The van der Waals surface area contributed by atoms with E-state index in [4.69, 9.17) is 5.11 Å². The van der Waals surface area contributed by atoms with E-state index in [1.165, 1.54) is 39.2 Å². The van der Waals surface area contributed by atoms with Gasteiger partial charge in [-0.05, 0) is 63.0 Å². The second-order valence-corrected chi connectivity index (χ2v) is 6.90. The van der Waals surface area contributed by atoms with Crippen LogP contribution in [0.4, 0.5) is 5.13 Å². The maximum absolute atomic E-state index is 8.85. The van der Waals surface area contributed by atoms with E-state index in [-0.39, 0.29) is 6.73 Å². The summed E-state index contributed by atoms with van der Waals surface area (Å²) < 4.78 is 0. The Labute approximate surface area is 167 Å². The van der Waals surface area contributed by atoms with Crippen LogP contribution in [0.15, 0.2) is 58.8 Å². The Morgan fingerprint density at radius 3 is 2.33 bits per heavy atom. The fraction of sp³-hybridized carbons (Fsp3) is 0.364. The van der Waals surface area contributed by atoms with Crippen LogP contribution in [0.5, 0.6) is 0 Å². The van der Waals surface area contributed by atoms with E-state index in [9.17, 15) is 0 Å². The molecule has 0 amide bonds. The zero-order chi connectivity index (χ0) is 20.2. The minimum Gasteiger partial charge on any atom is -0.377 e. The Kier molecular flexibility index (Phi) is 10.3. The SMILES string of the molecule is CC.CC1=CC(C)=C(c2csc(NCO)n2)C(C)=CC1.Cc1ccncc1. The number of aryl methyl sites for hydroxylation is 1. The van der Waals surface area contributed by atoms with Crippen molar-refractivity contribution in [3.63, 3.8) is 0 Å². The number of aliphatic hydroxyl groups is 1. The largest absolute Gasteiger partial charge is 0.377 e. The summed E-state index contributed by atoms with van der Waals surface area (Å²) in [6.45, 7) is 12.4. The highest BCUT2D eigenvalue weighted by molar-refractivity contribution is 7.13. The summed E-state index contributed by atoms with van der Waals surface area (Å²) >= 11 is 1.52. The number of nitrogens with one attached hydrogen (secondary N) is 1. The highest BCUT2D eigenvalue weighted by Crippen LogP contribution is 2.32. The van der Waals surface area contributed by atoms with Crippen LogP contribution in [0, 0.1) is 6.92 Å². The number of rotatable bonds is 3. The first-order valence-electron chi connectivity index (χ1n) is 9.23. The summed E-state index contributed by atoms with van der Waals surface area (Å²) in [4.78, 5) is 8.36. The molecule has 5 heteroatoms. The molecule has 0 aliphatic heterocycles. The predicted octanol–water partition coefficient (Wildman–Crippen LogP) is 5.99. The Bertz CT molecular complexity index is 789. The maximum Gasteiger partial charge on any atom is 0.184 e. The van der Waals surface area contributed by atoms with E-state index in [2.05, 4.69) is 48.2 Å². The Morgan fingerprint density at radius 1 is 1.11 bits per heavy atom. The number of nitrogens with zero attached hydrogens (tertiary/aromatic N) is 2. The molecule has 0 atom stereocenters. The molecule has 0 spiro atoms. The van der Waals surface area contributed by atoms with Gasteiger partial charge in [0.05, 0.1) is 5.69 Å². The first-order valence-corrected chi connectivity index (χ1v) is 10.1. The van der Waals surface area contributed by atoms with Crippen LogP contribution in [0.1, 0.15) is 52.3 Å². The lowest BCUT2D eigenvalue weighted by atomic mass is 10.0. The number of pyridine rings is 1. The molecule has 0 saturated carbocycles. The second-order valence-electron chi connectivity index (χ2n) is 6.04. The number of anilines is 1. The van der Waals surface area contributed by atoms with Crippen molar-refractivity contribution in [1.29, 1.82) is 0 Å². The van der Waals surface area contributed by atoms with Crippen molar-refractivity contribution < 1.29 is 5.11 Å². The molecular formula is C22H31N3OS. The van der Waals surface area contributed by atoms with Gasteiger partial charge in [0.1, 0.15) is 6.73 Å². The lowest BCUT2D eigenvalue weighted by Gasteiger charge is -2.07. The number of thiazole rings is 1. The second kappa shape index (κ2) is 12.2. The van der Waals surface area contributed by atoms with Gasteiger partial charge >= 0.3 is 0 Å². The van der Waals surface area contributed by atoms with Crippen molar-refractivity contribution in [2.45, 2.75) is 48.0 Å². The standard InChI is InChI=1S/C14H18N2OS.C6H7N.C2H6/c1-9-4-5-10(2)13(11(3)6-9)12-7-18-14(16-12)15-8-17;1-6-2-4-7-5-3-6;1-2/h5-7,17H,4,8H2,1-3H3,(H,15,16);2-5H,1H3;1-2H3. The highest BCUT2D eigenvalue weighted by Gasteiger charge is 2.13. The Balaban J connectivity index is 0.000000338. The molecular weight excluding hydrogens is 354 g/mol. The van der Waals surface area contributed by atoms with Crippen molar-refractivity contribution in [3.8, 4) is 0 Å². The average molecular weight is 386 g/mol. The van der Waals surface area contributed by atoms with Crippen LogP contribution in [-0.4, -0.2) is 21.8 Å². The summed E-state index contributed by atoms with van der Waals surface area (Å²) in [7, 11) is 0. The molecule has 146 valence electrons. The number of aliphatic hydroxyl groups excluding tert-OH is 1. The molecule has 2 N–H and O–H groups in total. The molecule has 27 heavy (non-hydrogen) atoms. The van der Waals surface area contributed by atoms with Crippen molar-refractivity contribution >= 4 is 22.0 Å². The van der Waals surface area contributed by atoms with E-state index in [0.717, 1.165) is 17.2 Å². The van der Waals surface area contributed by atoms with Crippen LogP contribution in [-0.2, 0) is 0 Å². The summed E-state index contributed by atoms with van der Waals surface area (Å²) in [5.41, 5.74) is 7.32. The minimum absolute atomic E-state index is 0.0845. The lowest BCUT2D eigenvalue weighted by Crippen LogP contribution is -1.99. The molecule has 0 bridgehead atoms. The first kappa shape index (κ1) is 22.8. The number of hydrogen-bond acceptors (Lipinski definition) is 5. The zero-order valence-electron chi connectivity index (χ0n) is 17.2. The average Bonchev–Trinajstić information content (AvgIpc) is 3.06. The molecule has 2 heterocycles. The van der Waals surface area contributed by atoms with Gasteiger partial charge in [-0.15, -0.1) is 11.3 Å². The van der Waals surface area contributed by atoms with Crippen molar-refractivity contribution in [2.75, 3.05) is 12.0 Å². The normalized spacial score (nSPS) is 13.3. The van der Waals surface area contributed by atoms with Crippen LogP contribution in [0.3, 0.4) is 0 Å². The van der Waals surface area contributed by atoms with Gasteiger partial charge in [0, 0.05) is 23.3 Å². The third-order valence-electron chi connectivity index (χ3n) is 3.82. The van der Waals surface area contributed by atoms with E-state index in [1.54, 1.807) is 12.4 Å². The number of hydrogen-bond donors (Lipinski definition) is 2. The van der Waals surface area contributed by atoms with Gasteiger partial charge < -0.3 is 10.4 Å². The highest BCUT2D eigenvalue weighted by atomic mass is 32.1. The molecule has 2 aromatic heterocycles. The van der Waals surface area contributed by atoms with Gasteiger partial charge in [-0.25, -0.2) is 4.98 Å². The van der Waals surface area contributed by atoms with Crippen molar-refractivity contribution in [3.05, 3.63) is 70.0 Å². The maximum atomic E-state index is 8.85. The van der Waals surface area contributed by atoms with Crippen LogP contribution in [0.2, 0.25) is 0 Å². The summed E-state index contributed by atoms with van der Waals surface area (Å²) in [5.74, 6) is 0. The third kappa shape index (κ3) is 7.49. The van der Waals surface area contributed by atoms with Crippen molar-refractivity contribution in [2.24, 2.45) is 0 Å². The fourth-order valence-corrected chi connectivity index (χ4v) is 3.29. The summed E-state index contributed by atoms with van der Waals surface area (Å²) in [5, 5.41) is 14.5. The van der Waals surface area contributed by atoms with Crippen LogP contribution < -0.4 is 5.32 Å². The molecule has 2 aromatic rings.